The molecule has 5 nitrogen and oxygen atoms in total. The van der Waals surface area contributed by atoms with Crippen molar-refractivity contribution in [2.75, 3.05) is 25.1 Å². The second-order valence-corrected chi connectivity index (χ2v) is 6.25. The van der Waals surface area contributed by atoms with Gasteiger partial charge in [-0.25, -0.2) is 0 Å². The molecule has 1 aliphatic rings. The van der Waals surface area contributed by atoms with Gasteiger partial charge in [-0.05, 0) is 24.7 Å². The average Bonchev–Trinajstić information content (AvgIpc) is 2.97. The number of nitriles is 1. The predicted molar refractivity (Wildman–Crippen MR) is 81.0 cm³/mol. The Bertz CT molecular complexity index is 646. The molecule has 0 spiro atoms. The first kappa shape index (κ1) is 14.1. The summed E-state index contributed by atoms with van der Waals surface area (Å²) in [5, 5.41) is 12.9. The minimum atomic E-state index is 0.238. The van der Waals surface area contributed by atoms with Crippen LogP contribution in [0.5, 0.6) is 0 Å². The summed E-state index contributed by atoms with van der Waals surface area (Å²) < 4.78 is 5.36. The van der Waals surface area contributed by atoms with Crippen LogP contribution in [0.25, 0.3) is 0 Å². The second-order valence-electron chi connectivity index (χ2n) is 5.10. The molecule has 1 atom stereocenters. The van der Waals surface area contributed by atoms with Crippen LogP contribution in [-0.2, 0) is 6.42 Å². The van der Waals surface area contributed by atoms with Crippen molar-refractivity contribution in [3.8, 4) is 6.07 Å². The molecule has 0 radical (unpaired) electrons. The highest BCUT2D eigenvalue weighted by atomic mass is 32.2. The Morgan fingerprint density at radius 1 is 1.43 bits per heavy atom. The number of hydrogen-bond acceptors (Lipinski definition) is 6. The summed E-state index contributed by atoms with van der Waals surface area (Å²) in [6.45, 7) is 1.05. The standard InChI is InChI=1S/C15H16N4OS/c1-19-6-7-21-10-13(19)15-17-14(20-18-15)8-11-2-4-12(9-16)5-3-11/h2-5,13H,6-8,10H2,1H3. The highest BCUT2D eigenvalue weighted by Crippen LogP contribution is 2.26. The summed E-state index contributed by atoms with van der Waals surface area (Å²) >= 11 is 1.92. The van der Waals surface area contributed by atoms with Gasteiger partial charge in [0.15, 0.2) is 5.82 Å². The van der Waals surface area contributed by atoms with Gasteiger partial charge in [0.2, 0.25) is 5.89 Å². The lowest BCUT2D eigenvalue weighted by Crippen LogP contribution is -2.33. The minimum absolute atomic E-state index is 0.238. The lowest BCUT2D eigenvalue weighted by molar-refractivity contribution is 0.256. The predicted octanol–water partition coefficient (Wildman–Crippen LogP) is 2.25. The third-order valence-electron chi connectivity index (χ3n) is 3.62. The first-order valence-electron chi connectivity index (χ1n) is 6.86. The molecule has 1 unspecified atom stereocenters. The first-order chi connectivity index (χ1) is 10.3. The fourth-order valence-corrected chi connectivity index (χ4v) is 3.52. The lowest BCUT2D eigenvalue weighted by Gasteiger charge is -2.29. The van der Waals surface area contributed by atoms with Crippen molar-refractivity contribution < 1.29 is 4.52 Å². The van der Waals surface area contributed by atoms with Crippen LogP contribution in [0.1, 0.15) is 28.9 Å². The summed E-state index contributed by atoms with van der Waals surface area (Å²) in [4.78, 5) is 6.80. The van der Waals surface area contributed by atoms with E-state index in [9.17, 15) is 0 Å². The molecule has 2 aromatic rings. The van der Waals surface area contributed by atoms with Gasteiger partial charge in [0.05, 0.1) is 24.1 Å². The molecule has 1 saturated heterocycles. The van der Waals surface area contributed by atoms with Crippen LogP contribution >= 0.6 is 11.8 Å². The van der Waals surface area contributed by atoms with Crippen LogP contribution in [0.15, 0.2) is 28.8 Å². The Labute approximate surface area is 127 Å². The topological polar surface area (TPSA) is 66.0 Å². The zero-order valence-electron chi connectivity index (χ0n) is 11.8. The van der Waals surface area contributed by atoms with E-state index in [0.29, 0.717) is 17.9 Å². The molecule has 0 aliphatic carbocycles. The number of rotatable bonds is 3. The lowest BCUT2D eigenvalue weighted by atomic mass is 10.1. The zero-order chi connectivity index (χ0) is 14.7. The maximum Gasteiger partial charge on any atom is 0.231 e. The van der Waals surface area contributed by atoms with Crippen LogP contribution < -0.4 is 0 Å². The normalized spacial score (nSPS) is 19.3. The van der Waals surface area contributed by atoms with E-state index in [0.717, 1.165) is 29.4 Å². The molecule has 0 amide bonds. The Morgan fingerprint density at radius 2 is 2.24 bits per heavy atom. The van der Waals surface area contributed by atoms with Gasteiger partial charge in [0, 0.05) is 18.1 Å². The highest BCUT2D eigenvalue weighted by Gasteiger charge is 2.25. The fourth-order valence-electron chi connectivity index (χ4n) is 2.31. The van der Waals surface area contributed by atoms with Gasteiger partial charge >= 0.3 is 0 Å². The third-order valence-corrected chi connectivity index (χ3v) is 4.64. The largest absolute Gasteiger partial charge is 0.339 e. The maximum absolute atomic E-state index is 8.79. The number of thioether (sulfide) groups is 1. The van der Waals surface area contributed by atoms with Crippen molar-refractivity contribution in [3.05, 3.63) is 47.1 Å². The molecule has 1 aromatic heterocycles. The van der Waals surface area contributed by atoms with E-state index < -0.39 is 0 Å². The van der Waals surface area contributed by atoms with E-state index in [-0.39, 0.29) is 6.04 Å². The number of benzene rings is 1. The van der Waals surface area contributed by atoms with Gasteiger partial charge in [-0.3, -0.25) is 4.90 Å². The van der Waals surface area contributed by atoms with Crippen molar-refractivity contribution in [1.29, 1.82) is 5.26 Å². The molecule has 2 heterocycles. The van der Waals surface area contributed by atoms with Crippen LogP contribution in [0.4, 0.5) is 0 Å². The Morgan fingerprint density at radius 3 is 2.95 bits per heavy atom. The van der Waals surface area contributed by atoms with Crippen LogP contribution in [0.2, 0.25) is 0 Å². The third kappa shape index (κ3) is 3.26. The number of nitrogens with zero attached hydrogens (tertiary/aromatic N) is 4. The molecule has 6 heteroatoms. The van der Waals surface area contributed by atoms with E-state index in [1.807, 2.05) is 23.9 Å². The molecular formula is C15H16N4OS. The second kappa shape index (κ2) is 6.29. The van der Waals surface area contributed by atoms with E-state index >= 15 is 0 Å². The monoisotopic (exact) mass is 300 g/mol. The molecule has 0 bridgehead atoms. The van der Waals surface area contributed by atoms with Crippen molar-refractivity contribution in [3.63, 3.8) is 0 Å². The van der Waals surface area contributed by atoms with Gasteiger partial charge in [-0.2, -0.15) is 22.0 Å². The molecule has 0 N–H and O–H groups in total. The summed E-state index contributed by atoms with van der Waals surface area (Å²) in [5.74, 6) is 3.56. The molecule has 1 fully saturated rings. The first-order valence-corrected chi connectivity index (χ1v) is 8.01. The van der Waals surface area contributed by atoms with Gasteiger partial charge in [-0.1, -0.05) is 17.3 Å². The molecule has 21 heavy (non-hydrogen) atoms. The van der Waals surface area contributed by atoms with E-state index in [4.69, 9.17) is 9.78 Å². The van der Waals surface area contributed by atoms with Crippen LogP contribution in [0, 0.1) is 11.3 Å². The number of aromatic nitrogens is 2. The molecular weight excluding hydrogens is 284 g/mol. The van der Waals surface area contributed by atoms with Gasteiger partial charge in [-0.15, -0.1) is 0 Å². The molecule has 108 valence electrons. The summed E-state index contributed by atoms with van der Waals surface area (Å²) in [6, 6.07) is 9.80. The molecule has 3 rings (SSSR count). The summed E-state index contributed by atoms with van der Waals surface area (Å²) in [5.41, 5.74) is 1.72. The Kier molecular flexibility index (Phi) is 4.23. The van der Waals surface area contributed by atoms with Crippen molar-refractivity contribution in [2.24, 2.45) is 0 Å². The number of hydrogen-bond donors (Lipinski definition) is 0. The quantitative estimate of drug-likeness (QED) is 0.866. The van der Waals surface area contributed by atoms with Gasteiger partial charge < -0.3 is 4.52 Å². The van der Waals surface area contributed by atoms with Gasteiger partial charge in [0.1, 0.15) is 0 Å². The molecule has 1 aliphatic heterocycles. The summed E-state index contributed by atoms with van der Waals surface area (Å²) in [7, 11) is 2.10. The van der Waals surface area contributed by atoms with Crippen LogP contribution in [0.3, 0.4) is 0 Å². The van der Waals surface area contributed by atoms with Crippen molar-refractivity contribution in [2.45, 2.75) is 12.5 Å². The minimum Gasteiger partial charge on any atom is -0.339 e. The van der Waals surface area contributed by atoms with E-state index in [1.165, 1.54) is 0 Å². The zero-order valence-corrected chi connectivity index (χ0v) is 12.6. The van der Waals surface area contributed by atoms with Crippen molar-refractivity contribution in [1.82, 2.24) is 15.0 Å². The highest BCUT2D eigenvalue weighted by molar-refractivity contribution is 7.99. The average molecular weight is 300 g/mol. The maximum atomic E-state index is 8.79. The summed E-state index contributed by atoms with van der Waals surface area (Å²) in [6.07, 6.45) is 0.599. The SMILES string of the molecule is CN1CCSCC1c1noc(Cc2ccc(C#N)cc2)n1. The van der Waals surface area contributed by atoms with E-state index in [2.05, 4.69) is 28.2 Å². The Balaban J connectivity index is 1.71. The van der Waals surface area contributed by atoms with Crippen LogP contribution in [-0.4, -0.2) is 40.1 Å². The fraction of sp³-hybridized carbons (Fsp3) is 0.400. The Hall–Kier alpha value is -1.84. The molecule has 1 aromatic carbocycles. The van der Waals surface area contributed by atoms with E-state index in [1.54, 1.807) is 12.1 Å². The smallest absolute Gasteiger partial charge is 0.231 e. The van der Waals surface area contributed by atoms with Crippen molar-refractivity contribution >= 4 is 11.8 Å². The molecule has 0 saturated carbocycles. The van der Waals surface area contributed by atoms with Gasteiger partial charge in [0.25, 0.3) is 0 Å².